The minimum Gasteiger partial charge on any atom is -0.323 e. The summed E-state index contributed by atoms with van der Waals surface area (Å²) in [6, 6.07) is 7.45. The number of H-pyrrole nitrogens is 1. The number of nitrogens with one attached hydrogen (secondary N) is 1. The van der Waals surface area contributed by atoms with E-state index in [1.54, 1.807) is 0 Å². The lowest BCUT2D eigenvalue weighted by Gasteiger charge is -2.10. The molecule has 4 aromatic rings. The molecule has 0 saturated heterocycles. The topological polar surface area (TPSA) is 116 Å². The monoisotopic (exact) mass is 462 g/mol. The highest BCUT2D eigenvalue weighted by Gasteiger charge is 2.16. The fourth-order valence-electron chi connectivity index (χ4n) is 3.36. The van der Waals surface area contributed by atoms with Gasteiger partial charge in [-0.25, -0.2) is 4.79 Å². The van der Waals surface area contributed by atoms with Crippen LogP contribution < -0.4 is 11.2 Å². The van der Waals surface area contributed by atoms with Gasteiger partial charge >= 0.3 is 5.69 Å². The number of tetrazole rings is 1. The molecule has 3 aromatic heterocycles. The Hall–Kier alpha value is -2.98. The Morgan fingerprint density at radius 2 is 1.81 bits per heavy atom. The van der Waals surface area contributed by atoms with Crippen LogP contribution in [0.4, 0.5) is 0 Å². The van der Waals surface area contributed by atoms with Gasteiger partial charge in [-0.05, 0) is 47.4 Å². The lowest BCUT2D eigenvalue weighted by atomic mass is 10.1. The molecule has 1 N–H and O–H groups in total. The van der Waals surface area contributed by atoms with Crippen molar-refractivity contribution in [2.45, 2.75) is 45.8 Å². The highest BCUT2D eigenvalue weighted by Crippen LogP contribution is 2.12. The minimum absolute atomic E-state index is 0.0779. The first kappa shape index (κ1) is 21.3. The van der Waals surface area contributed by atoms with E-state index >= 15 is 0 Å². The second-order valence-electron chi connectivity index (χ2n) is 7.08. The quantitative estimate of drug-likeness (QED) is 0.401. The molecule has 0 unspecified atom stereocenters. The van der Waals surface area contributed by atoms with Gasteiger partial charge in [0.1, 0.15) is 0 Å². The second-order valence-corrected chi connectivity index (χ2v) is 7.87. The van der Waals surface area contributed by atoms with Crippen molar-refractivity contribution in [2.24, 2.45) is 0 Å². The van der Waals surface area contributed by atoms with Gasteiger partial charge in [-0.15, -0.1) is 10.2 Å². The van der Waals surface area contributed by atoms with Crippen LogP contribution in [0, 0.1) is 0 Å². The predicted octanol–water partition coefficient (Wildman–Crippen LogP) is 2.27. The van der Waals surface area contributed by atoms with Crippen LogP contribution in [0.15, 0.2) is 33.9 Å². The number of rotatable bonds is 8. The van der Waals surface area contributed by atoms with E-state index < -0.39 is 11.2 Å². The van der Waals surface area contributed by atoms with Gasteiger partial charge in [0.25, 0.3) is 5.56 Å². The van der Waals surface area contributed by atoms with Gasteiger partial charge in [0.15, 0.2) is 17.0 Å². The molecular weight excluding hydrogens is 443 g/mol. The predicted molar refractivity (Wildman–Crippen MR) is 117 cm³/mol. The molecule has 1 aromatic carbocycles. The van der Waals surface area contributed by atoms with Gasteiger partial charge in [0.05, 0.1) is 6.54 Å². The molecule has 0 radical (unpaired) electrons. The summed E-state index contributed by atoms with van der Waals surface area (Å²) in [5.74, 6) is 0.582. The van der Waals surface area contributed by atoms with Gasteiger partial charge in [-0.2, -0.15) is 9.78 Å². The number of nitrogens with zero attached hydrogens (tertiary/aromatic N) is 7. The lowest BCUT2D eigenvalue weighted by molar-refractivity contribution is 0.453. The van der Waals surface area contributed by atoms with Crippen LogP contribution in [-0.4, -0.2) is 39.3 Å². The number of halogens is 2. The first-order valence-corrected chi connectivity index (χ1v) is 10.6. The molecule has 0 aliphatic carbocycles. The molecule has 0 bridgehead atoms. The Morgan fingerprint density at radius 1 is 1.03 bits per heavy atom. The molecule has 3 heterocycles. The Balaban J connectivity index is 1.47. The molecule has 162 valence electrons. The molecule has 31 heavy (non-hydrogen) atoms. The summed E-state index contributed by atoms with van der Waals surface area (Å²) in [5, 5.41) is 13.2. The van der Waals surface area contributed by atoms with Crippen LogP contribution in [0.1, 0.15) is 31.2 Å². The molecule has 10 nitrogen and oxygen atoms in total. The van der Waals surface area contributed by atoms with E-state index in [0.29, 0.717) is 36.8 Å². The van der Waals surface area contributed by atoms with Gasteiger partial charge in [-0.1, -0.05) is 30.7 Å². The molecule has 0 fully saturated rings. The van der Waals surface area contributed by atoms with E-state index in [1.165, 1.54) is 13.9 Å². The van der Waals surface area contributed by atoms with Crippen molar-refractivity contribution >= 4 is 34.4 Å². The summed E-state index contributed by atoms with van der Waals surface area (Å²) in [5.41, 5.74) is 0.683. The number of aromatic nitrogens is 8. The Morgan fingerprint density at radius 3 is 2.55 bits per heavy atom. The highest BCUT2D eigenvalue weighted by molar-refractivity contribution is 6.30. The molecule has 4 rings (SSSR count). The number of fused-ring (bicyclic) bond motifs is 1. The van der Waals surface area contributed by atoms with Crippen LogP contribution in [-0.2, 0) is 26.1 Å². The highest BCUT2D eigenvalue weighted by atomic mass is 35.5. The van der Waals surface area contributed by atoms with Gasteiger partial charge in [-0.3, -0.25) is 13.9 Å². The maximum Gasteiger partial charge on any atom is 0.332 e. The first-order valence-electron chi connectivity index (χ1n) is 9.86. The molecule has 0 amide bonds. The van der Waals surface area contributed by atoms with E-state index in [0.717, 1.165) is 12.0 Å². The zero-order chi connectivity index (χ0) is 22.0. The Kier molecular flexibility index (Phi) is 6.19. The summed E-state index contributed by atoms with van der Waals surface area (Å²) >= 11 is 11.8. The Labute approximate surface area is 186 Å². The average Bonchev–Trinajstić information content (AvgIpc) is 3.36. The third kappa shape index (κ3) is 4.54. The van der Waals surface area contributed by atoms with Crippen molar-refractivity contribution in [3.8, 4) is 0 Å². The summed E-state index contributed by atoms with van der Waals surface area (Å²) < 4.78 is 2.66. The van der Waals surface area contributed by atoms with Crippen molar-refractivity contribution in [3.63, 3.8) is 0 Å². The van der Waals surface area contributed by atoms with Crippen molar-refractivity contribution in [2.75, 3.05) is 0 Å². The van der Waals surface area contributed by atoms with Crippen LogP contribution in [0.2, 0.25) is 10.3 Å². The van der Waals surface area contributed by atoms with Crippen molar-refractivity contribution in [1.29, 1.82) is 0 Å². The van der Waals surface area contributed by atoms with Crippen molar-refractivity contribution < 1.29 is 0 Å². The third-order valence-corrected chi connectivity index (χ3v) is 5.22. The fourth-order valence-corrected chi connectivity index (χ4v) is 3.66. The van der Waals surface area contributed by atoms with E-state index in [4.69, 9.17) is 23.2 Å². The zero-order valence-electron chi connectivity index (χ0n) is 16.8. The summed E-state index contributed by atoms with van der Waals surface area (Å²) in [6.07, 6.45) is 1.73. The van der Waals surface area contributed by atoms with E-state index in [1.807, 2.05) is 31.2 Å². The summed E-state index contributed by atoms with van der Waals surface area (Å²) in [6.45, 7) is 3.01. The number of aromatic amines is 1. The van der Waals surface area contributed by atoms with Crippen LogP contribution in [0.25, 0.3) is 11.2 Å². The number of imidazole rings is 1. The second kappa shape index (κ2) is 9.03. The first-order chi connectivity index (χ1) is 15.0. The van der Waals surface area contributed by atoms with Gasteiger partial charge < -0.3 is 4.98 Å². The lowest BCUT2D eigenvalue weighted by Crippen LogP contribution is -2.40. The van der Waals surface area contributed by atoms with Crippen LogP contribution >= 0.6 is 23.2 Å². The smallest absolute Gasteiger partial charge is 0.323 e. The number of hydrogen-bond donors (Lipinski definition) is 1. The number of aryl methyl sites for hydroxylation is 2. The molecule has 0 spiro atoms. The minimum atomic E-state index is -0.443. The molecule has 0 aliphatic rings. The normalized spacial score (nSPS) is 11.5. The third-order valence-electron chi connectivity index (χ3n) is 4.79. The largest absolute Gasteiger partial charge is 0.332 e. The van der Waals surface area contributed by atoms with Gasteiger partial charge in [0.2, 0.25) is 5.28 Å². The SMILES string of the molecule is CCCn1c(=O)n(CCCn2nnc(Cc3ccc(Cl)cc3)n2)c(=O)c2[nH]c(Cl)nc21. The fraction of sp³-hybridized carbons (Fsp3) is 0.368. The maximum atomic E-state index is 12.8. The molecular formula is C19H20Cl2N8O2. The average molecular weight is 463 g/mol. The Bertz CT molecular complexity index is 1320. The molecule has 12 heteroatoms. The van der Waals surface area contributed by atoms with Crippen molar-refractivity contribution in [1.82, 2.24) is 39.3 Å². The van der Waals surface area contributed by atoms with Gasteiger partial charge in [0, 0.05) is 24.5 Å². The van der Waals surface area contributed by atoms with Crippen molar-refractivity contribution in [3.05, 3.63) is 66.8 Å². The number of hydrogen-bond acceptors (Lipinski definition) is 6. The van der Waals surface area contributed by atoms with E-state index in [2.05, 4.69) is 25.4 Å². The molecule has 0 atom stereocenters. The zero-order valence-corrected chi connectivity index (χ0v) is 18.3. The number of benzene rings is 1. The maximum absolute atomic E-state index is 12.8. The van der Waals surface area contributed by atoms with E-state index in [9.17, 15) is 9.59 Å². The van der Waals surface area contributed by atoms with Crippen LogP contribution in [0.3, 0.4) is 0 Å². The summed E-state index contributed by atoms with van der Waals surface area (Å²) in [4.78, 5) is 33.9. The van der Waals surface area contributed by atoms with Crippen LogP contribution in [0.5, 0.6) is 0 Å². The molecule has 0 aliphatic heterocycles. The molecule has 0 saturated carbocycles. The standard InChI is InChI=1S/C19H20Cl2N8O2/c1-2-8-27-16-15(22-18(21)23-16)17(30)28(19(27)31)9-3-10-29-25-14(24-26-29)11-12-4-6-13(20)7-5-12/h4-7H,2-3,8-11H2,1H3,(H,22,23). The summed E-state index contributed by atoms with van der Waals surface area (Å²) in [7, 11) is 0. The van der Waals surface area contributed by atoms with E-state index in [-0.39, 0.29) is 23.0 Å².